The zero-order chi connectivity index (χ0) is 9.40. The highest BCUT2D eigenvalue weighted by atomic mass is 16.6. The van der Waals surface area contributed by atoms with E-state index < -0.39 is 0 Å². The van der Waals surface area contributed by atoms with E-state index in [1.54, 1.807) is 0 Å². The van der Waals surface area contributed by atoms with Gasteiger partial charge in [-0.15, -0.1) is 0 Å². The Morgan fingerprint density at radius 2 is 2.17 bits per heavy atom. The van der Waals surface area contributed by atoms with E-state index in [1.807, 2.05) is 20.8 Å². The lowest BCUT2D eigenvalue weighted by molar-refractivity contribution is -0.133. The molecule has 12 heavy (non-hydrogen) atoms. The number of hydrogen-bond acceptors (Lipinski definition) is 3. The monoisotopic (exact) mass is 174 g/mol. The van der Waals surface area contributed by atoms with Gasteiger partial charge in [0.15, 0.2) is 0 Å². The quantitative estimate of drug-likeness (QED) is 0.574. The van der Waals surface area contributed by atoms with Crippen molar-refractivity contribution in [3.8, 4) is 0 Å². The Morgan fingerprint density at radius 1 is 1.50 bits per heavy atom. The van der Waals surface area contributed by atoms with Gasteiger partial charge in [-0.05, 0) is 20.4 Å². The Labute approximate surface area is 73.6 Å². The topological polar surface area (TPSA) is 50.4 Å². The van der Waals surface area contributed by atoms with E-state index >= 15 is 0 Å². The summed E-state index contributed by atoms with van der Waals surface area (Å²) in [5.74, 6) is -0.0784. The minimum Gasteiger partial charge on any atom is -0.314 e. The number of amides is 1. The fraction of sp³-hybridized carbons (Fsp3) is 0.875. The maximum absolute atomic E-state index is 11.0. The van der Waals surface area contributed by atoms with Gasteiger partial charge >= 0.3 is 0 Å². The van der Waals surface area contributed by atoms with Gasteiger partial charge in [-0.25, -0.2) is 5.48 Å². The normalized spacial score (nSPS) is 12.6. The van der Waals surface area contributed by atoms with E-state index in [9.17, 15) is 4.79 Å². The molecular formula is C8H18N2O2. The van der Waals surface area contributed by atoms with Crippen LogP contribution in [0.4, 0.5) is 0 Å². The number of rotatable bonds is 6. The highest BCUT2D eigenvalue weighted by Gasteiger charge is 2.06. The summed E-state index contributed by atoms with van der Waals surface area (Å²) in [7, 11) is 0. The molecule has 0 aromatic rings. The Bertz CT molecular complexity index is 128. The highest BCUT2D eigenvalue weighted by Crippen LogP contribution is 1.89. The van der Waals surface area contributed by atoms with Crippen molar-refractivity contribution < 1.29 is 9.63 Å². The van der Waals surface area contributed by atoms with Gasteiger partial charge < -0.3 is 5.32 Å². The van der Waals surface area contributed by atoms with Gasteiger partial charge in [0.2, 0.25) is 5.91 Å². The molecule has 1 amide bonds. The molecule has 0 aromatic heterocycles. The van der Waals surface area contributed by atoms with Crippen molar-refractivity contribution in [2.24, 2.45) is 0 Å². The lowest BCUT2D eigenvalue weighted by atomic mass is 10.2. The molecule has 0 fully saturated rings. The van der Waals surface area contributed by atoms with Crippen molar-refractivity contribution >= 4 is 5.91 Å². The third kappa shape index (κ3) is 6.12. The molecule has 72 valence electrons. The van der Waals surface area contributed by atoms with E-state index in [0.29, 0.717) is 13.0 Å². The molecule has 4 heteroatoms. The van der Waals surface area contributed by atoms with Crippen LogP contribution in [0.1, 0.15) is 27.2 Å². The summed E-state index contributed by atoms with van der Waals surface area (Å²) < 4.78 is 0. The molecule has 0 saturated carbocycles. The van der Waals surface area contributed by atoms with Gasteiger partial charge in [0.25, 0.3) is 0 Å². The van der Waals surface area contributed by atoms with Gasteiger partial charge in [0.05, 0.1) is 6.61 Å². The summed E-state index contributed by atoms with van der Waals surface area (Å²) in [6, 6.07) is 0.204. The maximum atomic E-state index is 11.0. The van der Waals surface area contributed by atoms with Crippen molar-refractivity contribution in [3.63, 3.8) is 0 Å². The second kappa shape index (κ2) is 7.06. The third-order valence-corrected chi connectivity index (χ3v) is 1.37. The van der Waals surface area contributed by atoms with Crippen LogP contribution in [0, 0.1) is 0 Å². The first-order valence-corrected chi connectivity index (χ1v) is 4.34. The summed E-state index contributed by atoms with van der Waals surface area (Å²) >= 11 is 0. The van der Waals surface area contributed by atoms with Crippen LogP contribution >= 0.6 is 0 Å². The van der Waals surface area contributed by atoms with Crippen LogP contribution in [0.15, 0.2) is 0 Å². The fourth-order valence-corrected chi connectivity index (χ4v) is 0.893. The van der Waals surface area contributed by atoms with Crippen LogP contribution in [0.25, 0.3) is 0 Å². The fourth-order valence-electron chi connectivity index (χ4n) is 0.893. The van der Waals surface area contributed by atoms with Crippen LogP contribution in [0.2, 0.25) is 0 Å². The number of carbonyl (C=O) groups excluding carboxylic acids is 1. The Kier molecular flexibility index (Phi) is 6.70. The molecule has 1 unspecified atom stereocenters. The molecule has 0 bridgehead atoms. The van der Waals surface area contributed by atoms with Crippen LogP contribution in [-0.4, -0.2) is 25.1 Å². The van der Waals surface area contributed by atoms with E-state index in [4.69, 9.17) is 4.84 Å². The second-order valence-electron chi connectivity index (χ2n) is 2.62. The van der Waals surface area contributed by atoms with Crippen molar-refractivity contribution in [3.05, 3.63) is 0 Å². The largest absolute Gasteiger partial charge is 0.314 e. The Balaban J connectivity index is 3.40. The molecule has 1 atom stereocenters. The average Bonchev–Trinajstić information content (AvgIpc) is 2.01. The van der Waals surface area contributed by atoms with E-state index in [2.05, 4.69) is 10.8 Å². The molecule has 0 aliphatic heterocycles. The summed E-state index contributed by atoms with van der Waals surface area (Å²) in [6.45, 7) is 7.18. The molecule has 0 heterocycles. The van der Waals surface area contributed by atoms with Gasteiger partial charge in [0.1, 0.15) is 0 Å². The van der Waals surface area contributed by atoms with Crippen molar-refractivity contribution in [2.45, 2.75) is 33.2 Å². The molecule has 0 aliphatic rings. The molecule has 4 nitrogen and oxygen atoms in total. The SMILES string of the molecule is CCNC(C)CC(=O)NOCC. The first kappa shape index (κ1) is 11.4. The average molecular weight is 174 g/mol. The minimum atomic E-state index is -0.0784. The predicted octanol–water partition coefficient (Wildman–Crippen LogP) is 0.442. The van der Waals surface area contributed by atoms with Crippen molar-refractivity contribution in [2.75, 3.05) is 13.2 Å². The molecule has 0 rings (SSSR count). The molecule has 0 aromatic carbocycles. The van der Waals surface area contributed by atoms with E-state index in [1.165, 1.54) is 0 Å². The maximum Gasteiger partial charge on any atom is 0.245 e. The zero-order valence-corrected chi connectivity index (χ0v) is 8.02. The lowest BCUT2D eigenvalue weighted by Gasteiger charge is -2.11. The van der Waals surface area contributed by atoms with Crippen LogP contribution in [-0.2, 0) is 9.63 Å². The molecule has 0 radical (unpaired) electrons. The van der Waals surface area contributed by atoms with Gasteiger partial charge in [-0.2, -0.15) is 0 Å². The molecule has 0 saturated heterocycles. The molecule has 0 spiro atoms. The summed E-state index contributed by atoms with van der Waals surface area (Å²) in [5, 5.41) is 3.14. The lowest BCUT2D eigenvalue weighted by Crippen LogP contribution is -2.33. The summed E-state index contributed by atoms with van der Waals surface area (Å²) in [6.07, 6.45) is 0.452. The van der Waals surface area contributed by atoms with Crippen LogP contribution in [0.3, 0.4) is 0 Å². The van der Waals surface area contributed by atoms with Crippen LogP contribution < -0.4 is 10.8 Å². The number of nitrogens with one attached hydrogen (secondary N) is 2. The van der Waals surface area contributed by atoms with Crippen LogP contribution in [0.5, 0.6) is 0 Å². The number of hydroxylamine groups is 1. The Morgan fingerprint density at radius 3 is 2.67 bits per heavy atom. The number of hydrogen-bond donors (Lipinski definition) is 2. The van der Waals surface area contributed by atoms with E-state index in [-0.39, 0.29) is 11.9 Å². The molecule has 2 N–H and O–H groups in total. The van der Waals surface area contributed by atoms with Gasteiger partial charge in [-0.3, -0.25) is 9.63 Å². The van der Waals surface area contributed by atoms with Crippen molar-refractivity contribution in [1.29, 1.82) is 0 Å². The highest BCUT2D eigenvalue weighted by molar-refractivity contribution is 5.75. The third-order valence-electron chi connectivity index (χ3n) is 1.37. The summed E-state index contributed by atoms with van der Waals surface area (Å²) in [5.41, 5.74) is 2.34. The smallest absolute Gasteiger partial charge is 0.245 e. The number of carbonyl (C=O) groups is 1. The molecule has 0 aliphatic carbocycles. The molecular weight excluding hydrogens is 156 g/mol. The first-order chi connectivity index (χ1) is 5.70. The zero-order valence-electron chi connectivity index (χ0n) is 8.02. The van der Waals surface area contributed by atoms with Gasteiger partial charge in [0, 0.05) is 12.5 Å². The second-order valence-corrected chi connectivity index (χ2v) is 2.62. The van der Waals surface area contributed by atoms with E-state index in [0.717, 1.165) is 6.54 Å². The standard InChI is InChI=1S/C8H18N2O2/c1-4-9-7(3)6-8(11)10-12-5-2/h7,9H,4-6H2,1-3H3,(H,10,11). The Hall–Kier alpha value is -0.610. The van der Waals surface area contributed by atoms with Gasteiger partial charge in [-0.1, -0.05) is 6.92 Å². The van der Waals surface area contributed by atoms with Crippen molar-refractivity contribution in [1.82, 2.24) is 10.8 Å². The predicted molar refractivity (Wildman–Crippen MR) is 47.5 cm³/mol. The first-order valence-electron chi connectivity index (χ1n) is 4.34. The summed E-state index contributed by atoms with van der Waals surface area (Å²) in [4.78, 5) is 15.8. The minimum absolute atomic E-state index is 0.0784.